The first-order valence-electron chi connectivity index (χ1n) is 4.84. The highest BCUT2D eigenvalue weighted by atomic mass is 35.5. The fourth-order valence-corrected chi connectivity index (χ4v) is 2.25. The lowest BCUT2D eigenvalue weighted by Gasteiger charge is -2.27. The summed E-state index contributed by atoms with van der Waals surface area (Å²) in [4.78, 5) is 10.9. The van der Waals surface area contributed by atoms with E-state index in [9.17, 15) is 4.79 Å². The molecule has 1 aromatic rings. The van der Waals surface area contributed by atoms with Crippen LogP contribution in [0.4, 0.5) is 0 Å². The van der Waals surface area contributed by atoms with Crippen molar-refractivity contribution < 1.29 is 9.90 Å². The molecule has 2 atom stereocenters. The minimum atomic E-state index is -0.772. The van der Waals surface area contributed by atoms with E-state index < -0.39 is 5.97 Å². The SMILES string of the molecule is Cl.N[C@H]1C[C@H](C(=O)O)Cc2ccc(Cl)cc21. The van der Waals surface area contributed by atoms with Gasteiger partial charge >= 0.3 is 5.97 Å². The number of carbonyl (C=O) groups is 1. The van der Waals surface area contributed by atoms with E-state index in [-0.39, 0.29) is 24.4 Å². The number of carboxylic acids is 1. The average Bonchev–Trinajstić information content (AvgIpc) is 2.18. The number of rotatable bonds is 1. The van der Waals surface area contributed by atoms with Gasteiger partial charge in [-0.25, -0.2) is 0 Å². The second-order valence-electron chi connectivity index (χ2n) is 3.92. The third-order valence-corrected chi connectivity index (χ3v) is 3.10. The molecule has 1 aliphatic carbocycles. The highest BCUT2D eigenvalue weighted by Gasteiger charge is 2.28. The lowest BCUT2D eigenvalue weighted by atomic mass is 9.81. The van der Waals surface area contributed by atoms with Crippen molar-refractivity contribution in [1.82, 2.24) is 0 Å². The molecule has 0 bridgehead atoms. The second kappa shape index (κ2) is 5.04. The number of nitrogens with two attached hydrogens (primary N) is 1. The van der Waals surface area contributed by atoms with Gasteiger partial charge in [-0.3, -0.25) is 4.79 Å². The van der Waals surface area contributed by atoms with Crippen molar-refractivity contribution in [1.29, 1.82) is 0 Å². The maximum Gasteiger partial charge on any atom is 0.306 e. The van der Waals surface area contributed by atoms with Crippen LogP contribution in [0.5, 0.6) is 0 Å². The number of fused-ring (bicyclic) bond motifs is 1. The molecule has 3 nitrogen and oxygen atoms in total. The summed E-state index contributed by atoms with van der Waals surface area (Å²) in [5.74, 6) is -1.14. The summed E-state index contributed by atoms with van der Waals surface area (Å²) in [6.45, 7) is 0. The van der Waals surface area contributed by atoms with Gasteiger partial charge in [0.2, 0.25) is 0 Å². The molecule has 0 amide bonds. The van der Waals surface area contributed by atoms with Crippen LogP contribution < -0.4 is 5.73 Å². The fourth-order valence-electron chi connectivity index (χ4n) is 2.07. The Hall–Kier alpha value is -0.770. The molecule has 88 valence electrons. The molecule has 16 heavy (non-hydrogen) atoms. The van der Waals surface area contributed by atoms with Gasteiger partial charge in [-0.1, -0.05) is 17.7 Å². The Morgan fingerprint density at radius 3 is 2.81 bits per heavy atom. The molecule has 0 fully saturated rings. The standard InChI is InChI=1S/C11H12ClNO2.ClH/c12-8-2-1-6-3-7(11(14)15)4-10(13)9(6)5-8;/h1-2,5,7,10H,3-4,13H2,(H,14,15);1H/t7-,10+;/m1./s1. The van der Waals surface area contributed by atoms with Gasteiger partial charge in [0.1, 0.15) is 0 Å². The summed E-state index contributed by atoms with van der Waals surface area (Å²) < 4.78 is 0. The third-order valence-electron chi connectivity index (χ3n) is 2.86. The Balaban J connectivity index is 0.00000128. The first-order chi connectivity index (χ1) is 7.08. The summed E-state index contributed by atoms with van der Waals surface area (Å²) in [5, 5.41) is 9.61. The molecule has 0 saturated carbocycles. The predicted octanol–water partition coefficient (Wildman–Crippen LogP) is 2.41. The van der Waals surface area contributed by atoms with Gasteiger partial charge < -0.3 is 10.8 Å². The van der Waals surface area contributed by atoms with Gasteiger partial charge in [-0.15, -0.1) is 12.4 Å². The molecule has 2 rings (SSSR count). The number of aliphatic carboxylic acids is 1. The van der Waals surface area contributed by atoms with E-state index in [4.69, 9.17) is 22.4 Å². The van der Waals surface area contributed by atoms with Crippen molar-refractivity contribution >= 4 is 30.0 Å². The van der Waals surface area contributed by atoms with E-state index >= 15 is 0 Å². The van der Waals surface area contributed by atoms with Gasteiger partial charge in [0.05, 0.1) is 5.92 Å². The fraction of sp³-hybridized carbons (Fsp3) is 0.364. The van der Waals surface area contributed by atoms with Gasteiger partial charge in [0.15, 0.2) is 0 Å². The molecule has 0 spiro atoms. The van der Waals surface area contributed by atoms with Crippen molar-refractivity contribution in [2.24, 2.45) is 11.7 Å². The smallest absolute Gasteiger partial charge is 0.306 e. The summed E-state index contributed by atoms with van der Waals surface area (Å²) in [6, 6.07) is 5.26. The zero-order valence-electron chi connectivity index (χ0n) is 8.52. The molecule has 0 saturated heterocycles. The number of hydrogen-bond acceptors (Lipinski definition) is 2. The molecule has 1 aromatic carbocycles. The highest BCUT2D eigenvalue weighted by molar-refractivity contribution is 6.30. The van der Waals surface area contributed by atoms with Crippen LogP contribution in [0.2, 0.25) is 5.02 Å². The van der Waals surface area contributed by atoms with Crippen molar-refractivity contribution in [3.8, 4) is 0 Å². The Kier molecular flexibility index (Phi) is 4.19. The minimum Gasteiger partial charge on any atom is -0.481 e. The maximum atomic E-state index is 10.9. The van der Waals surface area contributed by atoms with Crippen LogP contribution in [-0.2, 0) is 11.2 Å². The van der Waals surface area contributed by atoms with Crippen molar-refractivity contribution in [2.75, 3.05) is 0 Å². The quantitative estimate of drug-likeness (QED) is 0.816. The lowest BCUT2D eigenvalue weighted by molar-refractivity contribution is -0.142. The normalized spacial score (nSPS) is 23.1. The number of carboxylic acid groups (broad SMARTS) is 1. The molecule has 0 aliphatic heterocycles. The number of benzene rings is 1. The molecule has 5 heteroatoms. The number of hydrogen-bond donors (Lipinski definition) is 2. The molecule has 3 N–H and O–H groups in total. The largest absolute Gasteiger partial charge is 0.481 e. The van der Waals surface area contributed by atoms with Crippen molar-refractivity contribution in [3.63, 3.8) is 0 Å². The van der Waals surface area contributed by atoms with Crippen LogP contribution >= 0.6 is 24.0 Å². The minimum absolute atomic E-state index is 0. The second-order valence-corrected chi connectivity index (χ2v) is 4.36. The molecular formula is C11H13Cl2NO2. The maximum absolute atomic E-state index is 10.9. The van der Waals surface area contributed by atoms with Crippen LogP contribution in [0.15, 0.2) is 18.2 Å². The summed E-state index contributed by atoms with van der Waals surface area (Å²) in [6.07, 6.45) is 1.04. The molecule has 0 unspecified atom stereocenters. The van der Waals surface area contributed by atoms with Gasteiger partial charge in [0.25, 0.3) is 0 Å². The molecule has 0 aromatic heterocycles. The van der Waals surface area contributed by atoms with E-state index in [2.05, 4.69) is 0 Å². The molecule has 1 aliphatic rings. The van der Waals surface area contributed by atoms with Crippen molar-refractivity contribution in [2.45, 2.75) is 18.9 Å². The topological polar surface area (TPSA) is 63.3 Å². The van der Waals surface area contributed by atoms with Crippen LogP contribution in [0.3, 0.4) is 0 Å². The monoisotopic (exact) mass is 261 g/mol. The summed E-state index contributed by atoms with van der Waals surface area (Å²) in [5.41, 5.74) is 7.91. The van der Waals surface area contributed by atoms with Crippen molar-refractivity contribution in [3.05, 3.63) is 34.3 Å². The van der Waals surface area contributed by atoms with Crippen LogP contribution in [0, 0.1) is 5.92 Å². The van der Waals surface area contributed by atoms with Gasteiger partial charge in [-0.05, 0) is 36.1 Å². The highest BCUT2D eigenvalue weighted by Crippen LogP contribution is 2.33. The first-order valence-corrected chi connectivity index (χ1v) is 5.22. The van der Waals surface area contributed by atoms with Gasteiger partial charge in [-0.2, -0.15) is 0 Å². The molecule has 0 heterocycles. The van der Waals surface area contributed by atoms with Crippen LogP contribution in [0.25, 0.3) is 0 Å². The Morgan fingerprint density at radius 1 is 1.50 bits per heavy atom. The Labute approximate surface area is 105 Å². The predicted molar refractivity (Wildman–Crippen MR) is 65.1 cm³/mol. The summed E-state index contributed by atoms with van der Waals surface area (Å²) in [7, 11) is 0. The third kappa shape index (κ3) is 2.48. The lowest BCUT2D eigenvalue weighted by Crippen LogP contribution is -2.28. The first kappa shape index (κ1) is 13.3. The van der Waals surface area contributed by atoms with Gasteiger partial charge in [0, 0.05) is 11.1 Å². The zero-order chi connectivity index (χ0) is 11.0. The van der Waals surface area contributed by atoms with Crippen LogP contribution in [0.1, 0.15) is 23.6 Å². The van der Waals surface area contributed by atoms with E-state index in [0.717, 1.165) is 11.1 Å². The average molecular weight is 262 g/mol. The van der Waals surface area contributed by atoms with E-state index in [1.165, 1.54) is 0 Å². The Bertz CT molecular complexity index is 409. The Morgan fingerprint density at radius 2 is 2.19 bits per heavy atom. The van der Waals surface area contributed by atoms with E-state index in [0.29, 0.717) is 17.9 Å². The summed E-state index contributed by atoms with van der Waals surface area (Å²) >= 11 is 5.87. The number of halogens is 2. The molecule has 0 radical (unpaired) electrons. The van der Waals surface area contributed by atoms with E-state index in [1.807, 2.05) is 12.1 Å². The van der Waals surface area contributed by atoms with Crippen LogP contribution in [-0.4, -0.2) is 11.1 Å². The molecular weight excluding hydrogens is 249 g/mol. The van der Waals surface area contributed by atoms with E-state index in [1.54, 1.807) is 6.07 Å². The zero-order valence-corrected chi connectivity index (χ0v) is 10.1.